The molecule has 0 saturated heterocycles. The Morgan fingerprint density at radius 2 is 1.89 bits per heavy atom. The fourth-order valence-electron chi connectivity index (χ4n) is 2.66. The summed E-state index contributed by atoms with van der Waals surface area (Å²) in [6.07, 6.45) is 5.64. The number of nitrogens with one attached hydrogen (secondary N) is 1. The maximum Gasteiger partial charge on any atom is 0.119 e. The molecule has 0 bridgehead atoms. The Morgan fingerprint density at radius 1 is 1.21 bits per heavy atom. The number of rotatable bonds is 7. The molecule has 0 radical (unpaired) electrons. The van der Waals surface area contributed by atoms with Gasteiger partial charge in [0.15, 0.2) is 0 Å². The van der Waals surface area contributed by atoms with Gasteiger partial charge in [-0.2, -0.15) is 0 Å². The lowest BCUT2D eigenvalue weighted by Crippen LogP contribution is -2.45. The van der Waals surface area contributed by atoms with Gasteiger partial charge in [-0.25, -0.2) is 0 Å². The predicted octanol–water partition coefficient (Wildman–Crippen LogP) is 2.87. The first-order valence-corrected chi connectivity index (χ1v) is 7.36. The second-order valence-electron chi connectivity index (χ2n) is 5.49. The molecule has 1 aliphatic rings. The molecule has 1 aromatic rings. The first-order chi connectivity index (χ1) is 9.28. The first kappa shape index (κ1) is 14.4. The lowest BCUT2D eigenvalue weighted by atomic mass is 9.98. The van der Waals surface area contributed by atoms with Crippen LogP contribution < -0.4 is 10.1 Å². The van der Waals surface area contributed by atoms with Gasteiger partial charge in [-0.05, 0) is 37.0 Å². The highest BCUT2D eigenvalue weighted by molar-refractivity contribution is 5.27. The molecule has 2 rings (SSSR count). The molecule has 0 amide bonds. The summed E-state index contributed by atoms with van der Waals surface area (Å²) in [6.45, 7) is 3.93. The maximum absolute atomic E-state index is 9.55. The van der Waals surface area contributed by atoms with Gasteiger partial charge in [0.05, 0.1) is 13.2 Å². The van der Waals surface area contributed by atoms with Crippen LogP contribution in [0.3, 0.4) is 0 Å². The number of aliphatic hydroxyl groups excluding tert-OH is 1. The maximum atomic E-state index is 9.55. The molecular weight excluding hydrogens is 238 g/mol. The minimum Gasteiger partial charge on any atom is -0.494 e. The van der Waals surface area contributed by atoms with Crippen molar-refractivity contribution in [1.29, 1.82) is 0 Å². The second kappa shape index (κ2) is 6.92. The van der Waals surface area contributed by atoms with E-state index in [1.165, 1.54) is 18.4 Å². The molecule has 0 aromatic heterocycles. The largest absolute Gasteiger partial charge is 0.494 e. The minimum atomic E-state index is -0.0443. The average molecular weight is 263 g/mol. The van der Waals surface area contributed by atoms with Crippen LogP contribution in [0.5, 0.6) is 5.75 Å². The van der Waals surface area contributed by atoms with E-state index in [2.05, 4.69) is 24.4 Å². The third kappa shape index (κ3) is 3.95. The summed E-state index contributed by atoms with van der Waals surface area (Å²) in [5.74, 6) is 0.934. The number of benzene rings is 1. The SMILES string of the molecule is CCCOc1ccc(CNC2(CO)CCCC2)cc1. The summed E-state index contributed by atoms with van der Waals surface area (Å²) >= 11 is 0. The highest BCUT2D eigenvalue weighted by Crippen LogP contribution is 2.29. The normalized spacial score (nSPS) is 17.6. The van der Waals surface area contributed by atoms with Crippen molar-refractivity contribution in [3.63, 3.8) is 0 Å². The highest BCUT2D eigenvalue weighted by Gasteiger charge is 2.32. The van der Waals surface area contributed by atoms with Crippen LogP contribution in [0.15, 0.2) is 24.3 Å². The van der Waals surface area contributed by atoms with Crippen molar-refractivity contribution in [3.8, 4) is 5.75 Å². The monoisotopic (exact) mass is 263 g/mol. The zero-order valence-corrected chi connectivity index (χ0v) is 11.8. The summed E-state index contributed by atoms with van der Waals surface area (Å²) in [5.41, 5.74) is 1.20. The Kier molecular flexibility index (Phi) is 5.23. The van der Waals surface area contributed by atoms with Crippen molar-refractivity contribution in [1.82, 2.24) is 5.32 Å². The number of aliphatic hydroxyl groups is 1. The van der Waals surface area contributed by atoms with Gasteiger partial charge in [0.25, 0.3) is 0 Å². The van der Waals surface area contributed by atoms with E-state index in [1.807, 2.05) is 12.1 Å². The Morgan fingerprint density at radius 3 is 2.47 bits per heavy atom. The van der Waals surface area contributed by atoms with Crippen molar-refractivity contribution in [3.05, 3.63) is 29.8 Å². The Balaban J connectivity index is 1.85. The second-order valence-corrected chi connectivity index (χ2v) is 5.49. The molecule has 1 aromatic carbocycles. The fraction of sp³-hybridized carbons (Fsp3) is 0.625. The smallest absolute Gasteiger partial charge is 0.119 e. The fourth-order valence-corrected chi connectivity index (χ4v) is 2.66. The number of ether oxygens (including phenoxy) is 1. The summed E-state index contributed by atoms with van der Waals surface area (Å²) in [4.78, 5) is 0. The lowest BCUT2D eigenvalue weighted by molar-refractivity contribution is 0.163. The van der Waals surface area contributed by atoms with Crippen LogP contribution in [0.2, 0.25) is 0 Å². The van der Waals surface area contributed by atoms with E-state index in [9.17, 15) is 5.11 Å². The van der Waals surface area contributed by atoms with E-state index < -0.39 is 0 Å². The Labute approximate surface area is 116 Å². The van der Waals surface area contributed by atoms with Crippen LogP contribution in [0, 0.1) is 0 Å². The quantitative estimate of drug-likeness (QED) is 0.795. The van der Waals surface area contributed by atoms with E-state index >= 15 is 0 Å². The third-order valence-electron chi connectivity index (χ3n) is 3.93. The van der Waals surface area contributed by atoms with E-state index in [4.69, 9.17) is 4.74 Å². The minimum absolute atomic E-state index is 0.0443. The molecule has 0 aliphatic heterocycles. The molecule has 3 nitrogen and oxygen atoms in total. The van der Waals surface area contributed by atoms with Gasteiger partial charge in [0.1, 0.15) is 5.75 Å². The van der Waals surface area contributed by atoms with E-state index in [0.717, 1.165) is 38.2 Å². The van der Waals surface area contributed by atoms with Gasteiger partial charge < -0.3 is 15.2 Å². The summed E-state index contributed by atoms with van der Waals surface area (Å²) in [6, 6.07) is 8.23. The van der Waals surface area contributed by atoms with Gasteiger partial charge in [-0.3, -0.25) is 0 Å². The zero-order chi connectivity index (χ0) is 13.6. The number of hydrogen-bond donors (Lipinski definition) is 2. The Bertz CT molecular complexity index is 369. The van der Waals surface area contributed by atoms with Crippen LogP contribution in [-0.4, -0.2) is 23.9 Å². The lowest BCUT2D eigenvalue weighted by Gasteiger charge is -2.28. The van der Waals surface area contributed by atoms with E-state index in [-0.39, 0.29) is 12.1 Å². The number of hydrogen-bond acceptors (Lipinski definition) is 3. The van der Waals surface area contributed by atoms with Crippen LogP contribution in [0.25, 0.3) is 0 Å². The average Bonchev–Trinajstić information content (AvgIpc) is 2.93. The van der Waals surface area contributed by atoms with Crippen molar-refractivity contribution >= 4 is 0 Å². The van der Waals surface area contributed by atoms with Gasteiger partial charge >= 0.3 is 0 Å². The summed E-state index contributed by atoms with van der Waals surface area (Å²) in [7, 11) is 0. The molecule has 1 fully saturated rings. The molecule has 106 valence electrons. The molecule has 2 N–H and O–H groups in total. The van der Waals surface area contributed by atoms with Crippen molar-refractivity contribution < 1.29 is 9.84 Å². The molecule has 19 heavy (non-hydrogen) atoms. The molecule has 3 heteroatoms. The predicted molar refractivity (Wildman–Crippen MR) is 77.4 cm³/mol. The third-order valence-corrected chi connectivity index (χ3v) is 3.93. The van der Waals surface area contributed by atoms with Crippen LogP contribution in [0.1, 0.15) is 44.6 Å². The molecule has 0 heterocycles. The van der Waals surface area contributed by atoms with Crippen molar-refractivity contribution in [2.75, 3.05) is 13.2 Å². The highest BCUT2D eigenvalue weighted by atomic mass is 16.5. The van der Waals surface area contributed by atoms with Crippen LogP contribution in [0.4, 0.5) is 0 Å². The van der Waals surface area contributed by atoms with Gasteiger partial charge in [-0.15, -0.1) is 0 Å². The zero-order valence-electron chi connectivity index (χ0n) is 11.8. The topological polar surface area (TPSA) is 41.5 Å². The van der Waals surface area contributed by atoms with Crippen LogP contribution >= 0.6 is 0 Å². The van der Waals surface area contributed by atoms with Crippen molar-refractivity contribution in [2.24, 2.45) is 0 Å². The van der Waals surface area contributed by atoms with Gasteiger partial charge in [0.2, 0.25) is 0 Å². The molecule has 1 aliphatic carbocycles. The molecular formula is C16H25NO2. The standard InChI is InChI=1S/C16H25NO2/c1-2-11-19-15-7-5-14(6-8-15)12-17-16(13-18)9-3-4-10-16/h5-8,17-18H,2-4,9-13H2,1H3. The van der Waals surface area contributed by atoms with E-state index in [1.54, 1.807) is 0 Å². The molecule has 0 unspecified atom stereocenters. The van der Waals surface area contributed by atoms with Crippen LogP contribution in [-0.2, 0) is 6.54 Å². The first-order valence-electron chi connectivity index (χ1n) is 7.36. The molecule has 1 saturated carbocycles. The summed E-state index contributed by atoms with van der Waals surface area (Å²) in [5, 5.41) is 13.1. The van der Waals surface area contributed by atoms with Gasteiger partial charge in [-0.1, -0.05) is 31.9 Å². The molecule has 0 atom stereocenters. The van der Waals surface area contributed by atoms with Gasteiger partial charge in [0, 0.05) is 12.1 Å². The molecule has 0 spiro atoms. The van der Waals surface area contributed by atoms with E-state index in [0.29, 0.717) is 0 Å². The van der Waals surface area contributed by atoms with Crippen molar-refractivity contribution in [2.45, 2.75) is 51.1 Å². The summed E-state index contributed by atoms with van der Waals surface area (Å²) < 4.78 is 5.57. The Hall–Kier alpha value is -1.06.